The fourth-order valence-electron chi connectivity index (χ4n) is 4.23. The van der Waals surface area contributed by atoms with Gasteiger partial charge in [0.25, 0.3) is 0 Å². The number of carbonyl (C=O) groups is 2. The summed E-state index contributed by atoms with van der Waals surface area (Å²) in [5, 5.41) is 9.57. The molecule has 1 aliphatic carbocycles. The number of rotatable bonds is 4. The summed E-state index contributed by atoms with van der Waals surface area (Å²) in [7, 11) is 0. The predicted molar refractivity (Wildman–Crippen MR) is 83.4 cm³/mol. The van der Waals surface area contributed by atoms with Gasteiger partial charge in [-0.15, -0.1) is 0 Å². The zero-order chi connectivity index (χ0) is 17.5. The Kier molecular flexibility index (Phi) is 4.32. The number of hydrogen-bond donors (Lipinski definition) is 1. The van der Waals surface area contributed by atoms with Gasteiger partial charge in [-0.05, 0) is 36.3 Å². The molecule has 1 aromatic rings. The molecular weight excluding hydrogens is 316 g/mol. The van der Waals surface area contributed by atoms with Gasteiger partial charge in [0.1, 0.15) is 11.6 Å². The molecule has 130 valence electrons. The van der Waals surface area contributed by atoms with Gasteiger partial charge in [0.15, 0.2) is 0 Å². The van der Waals surface area contributed by atoms with E-state index in [0.717, 1.165) is 18.9 Å². The number of hydrogen-bond acceptors (Lipinski definition) is 2. The highest BCUT2D eigenvalue weighted by Crippen LogP contribution is 2.49. The van der Waals surface area contributed by atoms with Crippen LogP contribution in [0.3, 0.4) is 0 Å². The Morgan fingerprint density at radius 1 is 1.42 bits per heavy atom. The maximum atomic E-state index is 13.8. The van der Waals surface area contributed by atoms with E-state index in [0.29, 0.717) is 18.5 Å². The summed E-state index contributed by atoms with van der Waals surface area (Å²) in [6, 6.07) is 3.36. The SMILES string of the molecule is CC(CC(=O)N1C[C@@H]2CCC[C@@]2(C(=O)O)C1)c1ccc(F)cc1F. The van der Waals surface area contributed by atoms with Gasteiger partial charge in [-0.1, -0.05) is 19.4 Å². The van der Waals surface area contributed by atoms with Crippen molar-refractivity contribution in [2.24, 2.45) is 11.3 Å². The molecule has 3 rings (SSSR count). The molecule has 0 spiro atoms. The van der Waals surface area contributed by atoms with Gasteiger partial charge in [0.2, 0.25) is 5.91 Å². The molecule has 6 heteroatoms. The highest BCUT2D eigenvalue weighted by atomic mass is 19.1. The van der Waals surface area contributed by atoms with Crippen molar-refractivity contribution in [3.8, 4) is 0 Å². The van der Waals surface area contributed by atoms with Crippen molar-refractivity contribution in [2.75, 3.05) is 13.1 Å². The number of carboxylic acids is 1. The molecule has 0 aromatic heterocycles. The molecule has 1 saturated carbocycles. The number of likely N-dealkylation sites (tertiary alicyclic amines) is 1. The van der Waals surface area contributed by atoms with Crippen molar-refractivity contribution in [2.45, 2.75) is 38.5 Å². The molecule has 1 N–H and O–H groups in total. The standard InChI is InChI=1S/C18H21F2NO3/c1-11(14-5-4-13(19)8-15(14)20)7-16(22)21-9-12-3-2-6-18(12,10-21)17(23)24/h4-5,8,11-12H,2-3,6-7,9-10H2,1H3,(H,23,24)/t11?,12-,18+/m0/s1. The first-order valence-electron chi connectivity index (χ1n) is 8.29. The number of amides is 1. The molecular formula is C18H21F2NO3. The fourth-order valence-corrected chi connectivity index (χ4v) is 4.23. The lowest BCUT2D eigenvalue weighted by Gasteiger charge is -2.24. The molecule has 1 unspecified atom stereocenters. The Morgan fingerprint density at radius 2 is 2.17 bits per heavy atom. The third-order valence-corrected chi connectivity index (χ3v) is 5.62. The van der Waals surface area contributed by atoms with E-state index in [-0.39, 0.29) is 30.7 Å². The lowest BCUT2D eigenvalue weighted by Crippen LogP contribution is -2.37. The number of fused-ring (bicyclic) bond motifs is 1. The van der Waals surface area contributed by atoms with E-state index in [1.165, 1.54) is 12.1 Å². The molecule has 3 atom stereocenters. The lowest BCUT2D eigenvalue weighted by molar-refractivity contribution is -0.149. The van der Waals surface area contributed by atoms with E-state index < -0.39 is 23.0 Å². The number of aliphatic carboxylic acids is 1. The molecule has 24 heavy (non-hydrogen) atoms. The second kappa shape index (κ2) is 6.15. The third-order valence-electron chi connectivity index (χ3n) is 5.62. The quantitative estimate of drug-likeness (QED) is 0.918. The Hall–Kier alpha value is -1.98. The molecule has 4 nitrogen and oxygen atoms in total. The summed E-state index contributed by atoms with van der Waals surface area (Å²) < 4.78 is 26.8. The summed E-state index contributed by atoms with van der Waals surface area (Å²) >= 11 is 0. The van der Waals surface area contributed by atoms with E-state index in [2.05, 4.69) is 0 Å². The average molecular weight is 337 g/mol. The number of halogens is 2. The minimum absolute atomic E-state index is 0.0109. The van der Waals surface area contributed by atoms with Crippen LogP contribution in [0.25, 0.3) is 0 Å². The van der Waals surface area contributed by atoms with Crippen LogP contribution in [0.2, 0.25) is 0 Å². The van der Waals surface area contributed by atoms with Crippen LogP contribution >= 0.6 is 0 Å². The minimum Gasteiger partial charge on any atom is -0.481 e. The topological polar surface area (TPSA) is 57.6 Å². The van der Waals surface area contributed by atoms with Crippen LogP contribution in [0.4, 0.5) is 8.78 Å². The normalized spacial score (nSPS) is 27.1. The van der Waals surface area contributed by atoms with Gasteiger partial charge < -0.3 is 10.0 Å². The molecule has 1 heterocycles. The van der Waals surface area contributed by atoms with Crippen molar-refractivity contribution in [1.29, 1.82) is 0 Å². The smallest absolute Gasteiger partial charge is 0.311 e. The van der Waals surface area contributed by atoms with Crippen molar-refractivity contribution in [3.05, 3.63) is 35.4 Å². The minimum atomic E-state index is -0.821. The predicted octanol–water partition coefficient (Wildman–Crippen LogP) is 3.17. The molecule has 1 aromatic carbocycles. The summed E-state index contributed by atoms with van der Waals surface area (Å²) in [5.74, 6) is -2.67. The molecule has 1 amide bonds. The Morgan fingerprint density at radius 3 is 2.79 bits per heavy atom. The van der Waals surface area contributed by atoms with E-state index in [4.69, 9.17) is 0 Å². The number of benzene rings is 1. The summed E-state index contributed by atoms with van der Waals surface area (Å²) in [6.45, 7) is 2.42. The first-order valence-corrected chi connectivity index (χ1v) is 8.29. The van der Waals surface area contributed by atoms with Crippen molar-refractivity contribution < 1.29 is 23.5 Å². The van der Waals surface area contributed by atoms with Crippen molar-refractivity contribution in [1.82, 2.24) is 4.90 Å². The zero-order valence-electron chi connectivity index (χ0n) is 13.6. The molecule has 0 bridgehead atoms. The monoisotopic (exact) mass is 337 g/mol. The number of nitrogens with zero attached hydrogens (tertiary/aromatic N) is 1. The van der Waals surface area contributed by atoms with Gasteiger partial charge in [-0.3, -0.25) is 9.59 Å². The second-order valence-corrected chi connectivity index (χ2v) is 7.10. The Balaban J connectivity index is 1.69. The van der Waals surface area contributed by atoms with Crippen LogP contribution in [0.1, 0.15) is 44.1 Å². The lowest BCUT2D eigenvalue weighted by atomic mass is 9.81. The van der Waals surface area contributed by atoms with Gasteiger partial charge in [-0.25, -0.2) is 8.78 Å². The van der Waals surface area contributed by atoms with E-state index >= 15 is 0 Å². The average Bonchev–Trinajstić information content (AvgIpc) is 3.04. The fraction of sp³-hybridized carbons (Fsp3) is 0.556. The number of carboxylic acid groups (broad SMARTS) is 1. The van der Waals surface area contributed by atoms with Gasteiger partial charge in [-0.2, -0.15) is 0 Å². The van der Waals surface area contributed by atoms with Gasteiger partial charge in [0.05, 0.1) is 5.41 Å². The van der Waals surface area contributed by atoms with Gasteiger partial charge >= 0.3 is 5.97 Å². The van der Waals surface area contributed by atoms with E-state index in [1.807, 2.05) is 0 Å². The summed E-state index contributed by atoms with van der Waals surface area (Å²) in [5.41, 5.74) is -0.503. The Labute approximate surface area is 139 Å². The van der Waals surface area contributed by atoms with Crippen LogP contribution in [0, 0.1) is 23.0 Å². The van der Waals surface area contributed by atoms with Crippen LogP contribution in [-0.4, -0.2) is 35.0 Å². The second-order valence-electron chi connectivity index (χ2n) is 7.10. The molecule has 1 saturated heterocycles. The van der Waals surface area contributed by atoms with Crippen LogP contribution in [0.15, 0.2) is 18.2 Å². The van der Waals surface area contributed by atoms with Gasteiger partial charge in [0, 0.05) is 25.6 Å². The van der Waals surface area contributed by atoms with Crippen LogP contribution < -0.4 is 0 Å². The Bertz CT molecular complexity index is 678. The van der Waals surface area contributed by atoms with E-state index in [9.17, 15) is 23.5 Å². The van der Waals surface area contributed by atoms with E-state index in [1.54, 1.807) is 11.8 Å². The van der Waals surface area contributed by atoms with Crippen LogP contribution in [-0.2, 0) is 9.59 Å². The molecule has 2 aliphatic rings. The summed E-state index contributed by atoms with van der Waals surface area (Å²) in [6.07, 6.45) is 2.41. The zero-order valence-corrected chi connectivity index (χ0v) is 13.6. The maximum absolute atomic E-state index is 13.8. The van der Waals surface area contributed by atoms with Crippen molar-refractivity contribution >= 4 is 11.9 Å². The summed E-state index contributed by atoms with van der Waals surface area (Å²) in [4.78, 5) is 25.8. The molecule has 2 fully saturated rings. The molecule has 0 radical (unpaired) electrons. The number of carbonyl (C=O) groups excluding carboxylic acids is 1. The maximum Gasteiger partial charge on any atom is 0.311 e. The first-order chi connectivity index (χ1) is 11.3. The first kappa shape index (κ1) is 16.9. The highest BCUT2D eigenvalue weighted by Gasteiger charge is 2.55. The van der Waals surface area contributed by atoms with Crippen molar-refractivity contribution in [3.63, 3.8) is 0 Å². The highest BCUT2D eigenvalue weighted by molar-refractivity contribution is 5.81. The molecule has 1 aliphatic heterocycles. The third kappa shape index (κ3) is 2.78. The van der Waals surface area contributed by atoms with Crippen LogP contribution in [0.5, 0.6) is 0 Å². The largest absolute Gasteiger partial charge is 0.481 e.